The quantitative estimate of drug-likeness (QED) is 0.621. The van der Waals surface area contributed by atoms with Crippen molar-refractivity contribution in [2.24, 2.45) is 0 Å². The fraction of sp³-hybridized carbons (Fsp3) is 0.0714. The van der Waals surface area contributed by atoms with Crippen molar-refractivity contribution in [3.8, 4) is 0 Å². The molecule has 0 N–H and O–H groups in total. The zero-order valence-corrected chi connectivity index (χ0v) is 13.5. The highest BCUT2D eigenvalue weighted by Gasteiger charge is 2.12. The summed E-state index contributed by atoms with van der Waals surface area (Å²) >= 11 is 12.3. The molecule has 98 valence electrons. The number of ketones is 1. The largest absolute Gasteiger partial charge is 0.294 e. The fourth-order valence-electron chi connectivity index (χ4n) is 1.65. The molecule has 0 fully saturated rings. The van der Waals surface area contributed by atoms with Crippen LogP contribution in [-0.2, 0) is 6.42 Å². The van der Waals surface area contributed by atoms with Gasteiger partial charge >= 0.3 is 0 Å². The number of hydrogen-bond acceptors (Lipinski definition) is 1. The van der Waals surface area contributed by atoms with Gasteiger partial charge in [-0.1, -0.05) is 49.5 Å². The number of carbonyl (C=O) groups is 1. The van der Waals surface area contributed by atoms with Crippen LogP contribution in [0.1, 0.15) is 15.9 Å². The van der Waals surface area contributed by atoms with Crippen LogP contribution in [0.15, 0.2) is 45.3 Å². The predicted molar refractivity (Wildman–Crippen MR) is 81.3 cm³/mol. The summed E-state index contributed by atoms with van der Waals surface area (Å²) in [6, 6.07) is 9.71. The molecule has 0 saturated carbocycles. The Morgan fingerprint density at radius 1 is 1.16 bits per heavy atom. The highest BCUT2D eigenvalue weighted by Crippen LogP contribution is 2.24. The van der Waals surface area contributed by atoms with Crippen molar-refractivity contribution < 1.29 is 9.18 Å². The van der Waals surface area contributed by atoms with Gasteiger partial charge in [0.05, 0.1) is 5.02 Å². The van der Waals surface area contributed by atoms with Crippen LogP contribution in [0.2, 0.25) is 5.02 Å². The number of Topliss-reactive ketones (excluding diaryl/α,β-unsaturated/α-hetero) is 1. The molecule has 5 heteroatoms. The van der Waals surface area contributed by atoms with Crippen LogP contribution in [0.4, 0.5) is 4.39 Å². The Bertz CT molecular complexity index is 643. The first-order valence-corrected chi connectivity index (χ1v) is 7.36. The maximum Gasteiger partial charge on any atom is 0.168 e. The van der Waals surface area contributed by atoms with Crippen molar-refractivity contribution in [1.29, 1.82) is 0 Å². The van der Waals surface area contributed by atoms with Gasteiger partial charge in [-0.3, -0.25) is 4.79 Å². The van der Waals surface area contributed by atoms with Crippen LogP contribution in [-0.4, -0.2) is 5.78 Å². The second kappa shape index (κ2) is 6.16. The van der Waals surface area contributed by atoms with Gasteiger partial charge in [0.1, 0.15) is 5.82 Å². The Kier molecular flexibility index (Phi) is 4.76. The lowest BCUT2D eigenvalue weighted by atomic mass is 10.0. The first-order chi connectivity index (χ1) is 8.97. The van der Waals surface area contributed by atoms with Crippen LogP contribution in [0.3, 0.4) is 0 Å². The van der Waals surface area contributed by atoms with Gasteiger partial charge in [0, 0.05) is 20.9 Å². The lowest BCUT2D eigenvalue weighted by Crippen LogP contribution is -2.04. The summed E-state index contributed by atoms with van der Waals surface area (Å²) in [6.45, 7) is 0. The lowest BCUT2D eigenvalue weighted by molar-refractivity contribution is 0.0992. The molecule has 0 unspecified atom stereocenters. The summed E-state index contributed by atoms with van der Waals surface area (Å²) in [7, 11) is 0. The first-order valence-electron chi connectivity index (χ1n) is 5.39. The molecular formula is C14H8Br2ClFO. The van der Waals surface area contributed by atoms with Gasteiger partial charge in [0.15, 0.2) is 5.78 Å². The van der Waals surface area contributed by atoms with E-state index in [9.17, 15) is 9.18 Å². The van der Waals surface area contributed by atoms with Crippen molar-refractivity contribution in [1.82, 2.24) is 0 Å². The Labute approximate surface area is 132 Å². The van der Waals surface area contributed by atoms with Gasteiger partial charge in [0.2, 0.25) is 0 Å². The molecule has 1 nitrogen and oxygen atoms in total. The van der Waals surface area contributed by atoms with Crippen molar-refractivity contribution >= 4 is 49.2 Å². The zero-order valence-electron chi connectivity index (χ0n) is 9.59. The maximum atomic E-state index is 13.3. The van der Waals surface area contributed by atoms with E-state index < -0.39 is 5.82 Å². The highest BCUT2D eigenvalue weighted by atomic mass is 79.9. The van der Waals surface area contributed by atoms with E-state index in [-0.39, 0.29) is 17.2 Å². The lowest BCUT2D eigenvalue weighted by Gasteiger charge is -2.05. The van der Waals surface area contributed by atoms with Crippen molar-refractivity contribution in [2.75, 3.05) is 0 Å². The number of rotatable bonds is 3. The van der Waals surface area contributed by atoms with E-state index in [0.29, 0.717) is 15.6 Å². The van der Waals surface area contributed by atoms with E-state index >= 15 is 0 Å². The highest BCUT2D eigenvalue weighted by molar-refractivity contribution is 9.11. The third-order valence-electron chi connectivity index (χ3n) is 2.58. The summed E-state index contributed by atoms with van der Waals surface area (Å²) in [5.41, 5.74) is 1.17. The maximum absolute atomic E-state index is 13.3. The zero-order chi connectivity index (χ0) is 14.0. The minimum absolute atomic E-state index is 0.0565. The molecule has 0 aliphatic rings. The summed E-state index contributed by atoms with van der Waals surface area (Å²) in [4.78, 5) is 12.1. The number of benzene rings is 2. The molecule has 19 heavy (non-hydrogen) atoms. The summed E-state index contributed by atoms with van der Waals surface area (Å²) in [5.74, 6) is -0.595. The van der Waals surface area contributed by atoms with E-state index in [2.05, 4.69) is 31.9 Å². The summed E-state index contributed by atoms with van der Waals surface area (Å²) < 4.78 is 14.9. The average Bonchev–Trinajstić information content (AvgIpc) is 2.33. The Morgan fingerprint density at radius 2 is 1.89 bits per heavy atom. The van der Waals surface area contributed by atoms with Crippen LogP contribution >= 0.6 is 43.5 Å². The molecule has 0 aliphatic heterocycles. The second-order valence-electron chi connectivity index (χ2n) is 3.97. The molecule has 0 heterocycles. The van der Waals surface area contributed by atoms with E-state index in [1.165, 1.54) is 12.1 Å². The molecular weight excluding hydrogens is 398 g/mol. The Hall–Kier alpha value is -0.710. The Balaban J connectivity index is 2.23. The SMILES string of the molecule is O=C(Cc1ccc(Cl)c(F)c1)c1ccc(Br)cc1Br. The smallest absolute Gasteiger partial charge is 0.168 e. The van der Waals surface area contributed by atoms with Crippen LogP contribution in [0, 0.1) is 5.82 Å². The fourth-order valence-corrected chi connectivity index (χ4v) is 3.03. The predicted octanol–water partition coefficient (Wildman–Crippen LogP) is 5.43. The number of halogens is 4. The topological polar surface area (TPSA) is 17.1 Å². The molecule has 0 aromatic heterocycles. The monoisotopic (exact) mass is 404 g/mol. The molecule has 0 bridgehead atoms. The molecule has 0 radical (unpaired) electrons. The van der Waals surface area contributed by atoms with Gasteiger partial charge in [-0.2, -0.15) is 0 Å². The molecule has 0 atom stereocenters. The third-order valence-corrected chi connectivity index (χ3v) is 4.04. The molecule has 0 amide bonds. The van der Waals surface area contributed by atoms with Crippen molar-refractivity contribution in [2.45, 2.75) is 6.42 Å². The number of carbonyl (C=O) groups excluding carboxylic acids is 1. The molecule has 2 aromatic rings. The van der Waals surface area contributed by atoms with E-state index in [4.69, 9.17) is 11.6 Å². The molecule has 0 spiro atoms. The third kappa shape index (κ3) is 3.65. The summed E-state index contributed by atoms with van der Waals surface area (Å²) in [5, 5.41) is 0.0565. The van der Waals surface area contributed by atoms with Gasteiger partial charge in [-0.25, -0.2) is 4.39 Å². The van der Waals surface area contributed by atoms with Crippen molar-refractivity contribution in [3.63, 3.8) is 0 Å². The molecule has 0 saturated heterocycles. The first kappa shape index (κ1) is 14.7. The van der Waals surface area contributed by atoms with Gasteiger partial charge in [-0.05, 0) is 35.9 Å². The van der Waals surface area contributed by atoms with Crippen LogP contribution in [0.25, 0.3) is 0 Å². The summed E-state index contributed by atoms with van der Waals surface area (Å²) in [6.07, 6.45) is 0.133. The molecule has 2 aromatic carbocycles. The molecule has 2 rings (SSSR count). The van der Waals surface area contributed by atoms with E-state index in [1.54, 1.807) is 24.3 Å². The van der Waals surface area contributed by atoms with Gasteiger partial charge < -0.3 is 0 Å². The van der Waals surface area contributed by atoms with E-state index in [0.717, 1.165) is 4.47 Å². The minimum Gasteiger partial charge on any atom is -0.294 e. The van der Waals surface area contributed by atoms with Crippen LogP contribution in [0.5, 0.6) is 0 Å². The van der Waals surface area contributed by atoms with E-state index in [1.807, 2.05) is 0 Å². The second-order valence-corrected chi connectivity index (χ2v) is 6.15. The van der Waals surface area contributed by atoms with Gasteiger partial charge in [0.25, 0.3) is 0 Å². The minimum atomic E-state index is -0.512. The standard InChI is InChI=1S/C14H8Br2ClFO/c15-9-2-3-10(11(16)7-9)14(19)6-8-1-4-12(17)13(18)5-8/h1-5,7H,6H2. The average molecular weight is 406 g/mol. The van der Waals surface area contributed by atoms with Crippen molar-refractivity contribution in [3.05, 3.63) is 67.3 Å². The number of hydrogen-bond donors (Lipinski definition) is 0. The van der Waals surface area contributed by atoms with Gasteiger partial charge in [-0.15, -0.1) is 0 Å². The van der Waals surface area contributed by atoms with Crippen LogP contribution < -0.4 is 0 Å². The normalized spacial score (nSPS) is 10.5. The Morgan fingerprint density at radius 3 is 2.53 bits per heavy atom. The molecule has 0 aliphatic carbocycles.